The molecule has 1 unspecified atom stereocenters. The van der Waals surface area contributed by atoms with Crippen molar-refractivity contribution in [1.82, 2.24) is 5.32 Å². The molecular formula is C38H75NO. The summed E-state index contributed by atoms with van der Waals surface area (Å²) >= 11 is 0. The minimum atomic E-state index is 0.265. The predicted octanol–water partition coefficient (Wildman–Crippen LogP) is 13.2. The molecule has 40 heavy (non-hydrogen) atoms. The summed E-state index contributed by atoms with van der Waals surface area (Å²) in [5.74, 6) is 0.265. The largest absolute Gasteiger partial charge is 0.354 e. The van der Waals surface area contributed by atoms with E-state index in [1.165, 1.54) is 180 Å². The molecule has 0 aromatic rings. The Balaban J connectivity index is 3.31. The maximum atomic E-state index is 12.2. The predicted molar refractivity (Wildman–Crippen MR) is 181 cm³/mol. The molecule has 0 aliphatic carbocycles. The Bertz CT molecular complexity index is 514. The van der Waals surface area contributed by atoms with Gasteiger partial charge in [-0.25, -0.2) is 0 Å². The SMILES string of the molecule is CCCCCCCC/C=C\CCCCCCCC(=O)NC(C)CCCCCCCCCCCCCCCCCC. The van der Waals surface area contributed by atoms with Gasteiger partial charge in [0.1, 0.15) is 0 Å². The summed E-state index contributed by atoms with van der Waals surface area (Å²) in [5.41, 5.74) is 0. The van der Waals surface area contributed by atoms with E-state index < -0.39 is 0 Å². The zero-order chi connectivity index (χ0) is 29.2. The molecular weight excluding hydrogens is 486 g/mol. The number of hydrogen-bond donors (Lipinski definition) is 1. The Hall–Kier alpha value is -0.790. The molecule has 0 heterocycles. The maximum Gasteiger partial charge on any atom is 0.220 e. The van der Waals surface area contributed by atoms with Crippen molar-refractivity contribution >= 4 is 5.91 Å². The lowest BCUT2D eigenvalue weighted by molar-refractivity contribution is -0.121. The number of allylic oxidation sites excluding steroid dienone is 2. The fraction of sp³-hybridized carbons (Fsp3) is 0.921. The van der Waals surface area contributed by atoms with Crippen LogP contribution >= 0.6 is 0 Å². The zero-order valence-corrected chi connectivity index (χ0v) is 28.1. The molecule has 0 spiro atoms. The highest BCUT2D eigenvalue weighted by atomic mass is 16.1. The Morgan fingerprint density at radius 1 is 0.475 bits per heavy atom. The fourth-order valence-electron chi connectivity index (χ4n) is 5.77. The fourth-order valence-corrected chi connectivity index (χ4v) is 5.77. The molecule has 0 bridgehead atoms. The monoisotopic (exact) mass is 562 g/mol. The van der Waals surface area contributed by atoms with Crippen molar-refractivity contribution in [2.24, 2.45) is 0 Å². The minimum Gasteiger partial charge on any atom is -0.354 e. The smallest absolute Gasteiger partial charge is 0.220 e. The number of amides is 1. The van der Waals surface area contributed by atoms with Crippen LogP contribution in [0.4, 0.5) is 0 Å². The minimum absolute atomic E-state index is 0.265. The molecule has 0 fully saturated rings. The van der Waals surface area contributed by atoms with Gasteiger partial charge in [0.15, 0.2) is 0 Å². The lowest BCUT2D eigenvalue weighted by atomic mass is 10.0. The van der Waals surface area contributed by atoms with E-state index in [0.717, 1.165) is 12.8 Å². The first kappa shape index (κ1) is 39.2. The molecule has 0 aromatic heterocycles. The van der Waals surface area contributed by atoms with Crippen LogP contribution in [0, 0.1) is 0 Å². The first-order valence-electron chi connectivity index (χ1n) is 18.6. The van der Waals surface area contributed by atoms with E-state index >= 15 is 0 Å². The number of unbranched alkanes of at least 4 members (excludes halogenated alkanes) is 26. The topological polar surface area (TPSA) is 29.1 Å². The average molecular weight is 562 g/mol. The molecule has 0 aromatic carbocycles. The summed E-state index contributed by atoms with van der Waals surface area (Å²) < 4.78 is 0. The molecule has 0 aliphatic rings. The molecule has 1 N–H and O–H groups in total. The standard InChI is InChI=1S/C38H75NO/c1-4-6-8-10-12-14-16-18-20-22-23-25-27-29-31-33-35-37(3)39-38(40)36-34-32-30-28-26-24-21-19-17-15-13-11-9-7-5-2/h19,21,37H,4-18,20,22-36H2,1-3H3,(H,39,40)/b21-19-. The van der Waals surface area contributed by atoms with Crippen LogP contribution in [0.1, 0.15) is 220 Å². The van der Waals surface area contributed by atoms with E-state index in [9.17, 15) is 4.79 Å². The first-order valence-corrected chi connectivity index (χ1v) is 18.6. The van der Waals surface area contributed by atoms with Crippen molar-refractivity contribution in [2.45, 2.75) is 226 Å². The van der Waals surface area contributed by atoms with Crippen LogP contribution in [0.2, 0.25) is 0 Å². The van der Waals surface area contributed by atoms with Crippen LogP contribution in [0.5, 0.6) is 0 Å². The first-order chi connectivity index (χ1) is 19.7. The molecule has 0 rings (SSSR count). The molecule has 0 saturated heterocycles. The number of carbonyl (C=O) groups excluding carboxylic acids is 1. The van der Waals surface area contributed by atoms with E-state index in [1.807, 2.05) is 0 Å². The van der Waals surface area contributed by atoms with Gasteiger partial charge in [0.2, 0.25) is 5.91 Å². The van der Waals surface area contributed by atoms with Gasteiger partial charge in [-0.1, -0.05) is 180 Å². The van der Waals surface area contributed by atoms with Gasteiger partial charge in [0.25, 0.3) is 0 Å². The Morgan fingerprint density at radius 3 is 1.20 bits per heavy atom. The Labute approximate surface area is 253 Å². The molecule has 0 radical (unpaired) electrons. The zero-order valence-electron chi connectivity index (χ0n) is 28.1. The molecule has 2 nitrogen and oxygen atoms in total. The summed E-state index contributed by atoms with van der Waals surface area (Å²) in [6.45, 7) is 6.76. The molecule has 1 atom stereocenters. The highest BCUT2D eigenvalue weighted by Crippen LogP contribution is 2.15. The number of hydrogen-bond acceptors (Lipinski definition) is 1. The third-order valence-corrected chi connectivity index (χ3v) is 8.56. The van der Waals surface area contributed by atoms with E-state index in [-0.39, 0.29) is 5.91 Å². The summed E-state index contributed by atoms with van der Waals surface area (Å²) in [6.07, 6.45) is 46.2. The number of carbonyl (C=O) groups is 1. The third kappa shape index (κ3) is 33.4. The summed E-state index contributed by atoms with van der Waals surface area (Å²) in [7, 11) is 0. The number of rotatable bonds is 33. The molecule has 1 amide bonds. The van der Waals surface area contributed by atoms with Gasteiger partial charge in [-0.2, -0.15) is 0 Å². The number of nitrogens with one attached hydrogen (secondary N) is 1. The van der Waals surface area contributed by atoms with E-state index in [2.05, 4.69) is 38.2 Å². The lowest BCUT2D eigenvalue weighted by Gasteiger charge is -2.13. The Kier molecular flexibility index (Phi) is 33.7. The van der Waals surface area contributed by atoms with Crippen LogP contribution in [0.15, 0.2) is 12.2 Å². The summed E-state index contributed by atoms with van der Waals surface area (Å²) in [4.78, 5) is 12.2. The maximum absolute atomic E-state index is 12.2. The van der Waals surface area contributed by atoms with Gasteiger partial charge < -0.3 is 5.32 Å². The van der Waals surface area contributed by atoms with Crippen LogP contribution in [0.3, 0.4) is 0 Å². The van der Waals surface area contributed by atoms with Gasteiger partial charge in [-0.05, 0) is 45.4 Å². The van der Waals surface area contributed by atoms with Gasteiger partial charge in [-0.15, -0.1) is 0 Å². The quantitative estimate of drug-likeness (QED) is 0.0626. The van der Waals surface area contributed by atoms with Gasteiger partial charge in [0.05, 0.1) is 0 Å². The molecule has 0 aliphatic heterocycles. The lowest BCUT2D eigenvalue weighted by Crippen LogP contribution is -2.32. The summed E-state index contributed by atoms with van der Waals surface area (Å²) in [5, 5.41) is 3.23. The van der Waals surface area contributed by atoms with Crippen LogP contribution in [0.25, 0.3) is 0 Å². The average Bonchev–Trinajstić information content (AvgIpc) is 2.94. The third-order valence-electron chi connectivity index (χ3n) is 8.56. The van der Waals surface area contributed by atoms with Gasteiger partial charge in [0, 0.05) is 12.5 Å². The van der Waals surface area contributed by atoms with Gasteiger partial charge in [-0.3, -0.25) is 4.79 Å². The normalized spacial score (nSPS) is 12.4. The van der Waals surface area contributed by atoms with Crippen LogP contribution in [-0.2, 0) is 4.79 Å². The second kappa shape index (κ2) is 34.4. The molecule has 2 heteroatoms. The Morgan fingerprint density at radius 2 is 0.800 bits per heavy atom. The van der Waals surface area contributed by atoms with E-state index in [4.69, 9.17) is 0 Å². The van der Waals surface area contributed by atoms with Crippen molar-refractivity contribution < 1.29 is 4.79 Å². The van der Waals surface area contributed by atoms with Crippen molar-refractivity contribution in [2.75, 3.05) is 0 Å². The molecule has 238 valence electrons. The van der Waals surface area contributed by atoms with E-state index in [1.54, 1.807) is 0 Å². The second-order valence-electron chi connectivity index (χ2n) is 12.9. The van der Waals surface area contributed by atoms with Crippen molar-refractivity contribution in [3.63, 3.8) is 0 Å². The van der Waals surface area contributed by atoms with E-state index in [0.29, 0.717) is 12.5 Å². The highest BCUT2D eigenvalue weighted by molar-refractivity contribution is 5.76. The van der Waals surface area contributed by atoms with Crippen molar-refractivity contribution in [1.29, 1.82) is 0 Å². The van der Waals surface area contributed by atoms with Crippen LogP contribution in [-0.4, -0.2) is 11.9 Å². The molecule has 0 saturated carbocycles. The van der Waals surface area contributed by atoms with Crippen LogP contribution < -0.4 is 5.32 Å². The summed E-state index contributed by atoms with van der Waals surface area (Å²) in [6, 6.07) is 0.335. The van der Waals surface area contributed by atoms with Crippen molar-refractivity contribution in [3.8, 4) is 0 Å². The van der Waals surface area contributed by atoms with Gasteiger partial charge >= 0.3 is 0 Å². The highest BCUT2D eigenvalue weighted by Gasteiger charge is 2.07. The second-order valence-corrected chi connectivity index (χ2v) is 12.9. The van der Waals surface area contributed by atoms with Crippen molar-refractivity contribution in [3.05, 3.63) is 12.2 Å².